The fourth-order valence-electron chi connectivity index (χ4n) is 1.29. The molecule has 1 aromatic carbocycles. The predicted octanol–water partition coefficient (Wildman–Crippen LogP) is 2.43. The molecule has 0 saturated heterocycles. The maximum Gasteiger partial charge on any atom is 0.151 e. The molecule has 0 saturated carbocycles. The molecule has 0 bridgehead atoms. The maximum absolute atomic E-state index is 11.4. The van der Waals surface area contributed by atoms with E-state index in [2.05, 4.69) is 0 Å². The Bertz CT molecular complexity index is 488. The third-order valence-corrected chi connectivity index (χ3v) is 4.71. The van der Waals surface area contributed by atoms with Crippen molar-refractivity contribution in [2.45, 2.75) is 18.2 Å². The van der Waals surface area contributed by atoms with Gasteiger partial charge in [-0.25, -0.2) is 8.42 Å². The Morgan fingerprint density at radius 1 is 1.31 bits per heavy atom. The standard InChI is InChI=1S/C10H13Cl2NO2S/c1-6(16(2,14)15)10(13)8-4-3-7(11)5-9(8)12/h3-6,10H,13H2,1-2H3/t6-,10+/m1/s1. The summed E-state index contributed by atoms with van der Waals surface area (Å²) in [7, 11) is -3.19. The summed E-state index contributed by atoms with van der Waals surface area (Å²) in [6.45, 7) is 1.56. The van der Waals surface area contributed by atoms with Crippen LogP contribution in [0.3, 0.4) is 0 Å². The molecule has 0 aromatic heterocycles. The number of sulfone groups is 1. The number of benzene rings is 1. The van der Waals surface area contributed by atoms with Gasteiger partial charge in [0.25, 0.3) is 0 Å². The van der Waals surface area contributed by atoms with Crippen molar-refractivity contribution in [1.82, 2.24) is 0 Å². The van der Waals surface area contributed by atoms with Crippen LogP contribution in [0.4, 0.5) is 0 Å². The molecule has 16 heavy (non-hydrogen) atoms. The van der Waals surface area contributed by atoms with Crippen LogP contribution in [0.1, 0.15) is 18.5 Å². The van der Waals surface area contributed by atoms with Crippen LogP contribution in [0.2, 0.25) is 10.0 Å². The van der Waals surface area contributed by atoms with Gasteiger partial charge in [0, 0.05) is 22.3 Å². The third kappa shape index (κ3) is 3.10. The molecule has 2 N–H and O–H groups in total. The summed E-state index contributed by atoms with van der Waals surface area (Å²) < 4.78 is 22.8. The summed E-state index contributed by atoms with van der Waals surface area (Å²) in [5, 5.41) is 0.189. The Hall–Kier alpha value is -0.290. The van der Waals surface area contributed by atoms with Crippen LogP contribution < -0.4 is 5.73 Å². The topological polar surface area (TPSA) is 60.2 Å². The zero-order valence-electron chi connectivity index (χ0n) is 8.94. The summed E-state index contributed by atoms with van der Waals surface area (Å²) in [4.78, 5) is 0. The van der Waals surface area contributed by atoms with E-state index in [4.69, 9.17) is 28.9 Å². The summed E-state index contributed by atoms with van der Waals surface area (Å²) in [5.74, 6) is 0. The minimum atomic E-state index is -3.19. The lowest BCUT2D eigenvalue weighted by Gasteiger charge is -2.19. The molecule has 0 aliphatic heterocycles. The van der Waals surface area contributed by atoms with Crippen LogP contribution in [0.5, 0.6) is 0 Å². The van der Waals surface area contributed by atoms with Crippen LogP contribution in [0.25, 0.3) is 0 Å². The van der Waals surface area contributed by atoms with Crippen LogP contribution in [0, 0.1) is 0 Å². The van der Waals surface area contributed by atoms with E-state index in [1.165, 1.54) is 0 Å². The highest BCUT2D eigenvalue weighted by Crippen LogP contribution is 2.28. The van der Waals surface area contributed by atoms with Crippen LogP contribution in [-0.4, -0.2) is 19.9 Å². The van der Waals surface area contributed by atoms with Gasteiger partial charge < -0.3 is 5.73 Å². The first kappa shape index (κ1) is 13.8. The van der Waals surface area contributed by atoms with Crippen molar-refractivity contribution in [1.29, 1.82) is 0 Å². The van der Waals surface area contributed by atoms with E-state index in [0.29, 0.717) is 15.6 Å². The molecule has 0 aliphatic rings. The SMILES string of the molecule is C[C@H]([C@H](N)c1ccc(Cl)cc1Cl)S(C)(=O)=O. The highest BCUT2D eigenvalue weighted by molar-refractivity contribution is 7.91. The second kappa shape index (κ2) is 4.92. The Morgan fingerprint density at radius 3 is 2.31 bits per heavy atom. The lowest BCUT2D eigenvalue weighted by atomic mass is 10.1. The first-order valence-electron chi connectivity index (χ1n) is 4.63. The molecule has 1 aromatic rings. The van der Waals surface area contributed by atoms with Crippen LogP contribution >= 0.6 is 23.2 Å². The van der Waals surface area contributed by atoms with Gasteiger partial charge in [-0.15, -0.1) is 0 Å². The molecule has 0 unspecified atom stereocenters. The predicted molar refractivity (Wildman–Crippen MR) is 67.7 cm³/mol. The average Bonchev–Trinajstić information content (AvgIpc) is 2.14. The summed E-state index contributed by atoms with van der Waals surface area (Å²) in [5.41, 5.74) is 6.46. The number of nitrogens with two attached hydrogens (primary N) is 1. The second-order valence-electron chi connectivity index (χ2n) is 3.73. The van der Waals surface area contributed by atoms with Gasteiger partial charge in [0.1, 0.15) is 0 Å². The fourth-order valence-corrected chi connectivity index (χ4v) is 2.50. The number of rotatable bonds is 3. The quantitative estimate of drug-likeness (QED) is 0.926. The van der Waals surface area contributed by atoms with E-state index in [1.54, 1.807) is 25.1 Å². The monoisotopic (exact) mass is 281 g/mol. The molecule has 90 valence electrons. The van der Waals surface area contributed by atoms with E-state index in [-0.39, 0.29) is 0 Å². The summed E-state index contributed by atoms with van der Waals surface area (Å²) in [6.07, 6.45) is 1.15. The molecular weight excluding hydrogens is 269 g/mol. The molecule has 0 heterocycles. The van der Waals surface area contributed by atoms with Gasteiger partial charge in [-0.05, 0) is 24.6 Å². The lowest BCUT2D eigenvalue weighted by molar-refractivity contribution is 0.571. The normalized spacial score (nSPS) is 15.8. The van der Waals surface area contributed by atoms with Gasteiger partial charge in [-0.3, -0.25) is 0 Å². The van der Waals surface area contributed by atoms with E-state index >= 15 is 0 Å². The third-order valence-electron chi connectivity index (χ3n) is 2.50. The first-order chi connectivity index (χ1) is 7.23. The molecule has 0 radical (unpaired) electrons. The van der Waals surface area contributed by atoms with Crippen molar-refractivity contribution in [3.05, 3.63) is 33.8 Å². The molecule has 2 atom stereocenters. The van der Waals surface area contributed by atoms with Crippen molar-refractivity contribution in [3.8, 4) is 0 Å². The first-order valence-corrected chi connectivity index (χ1v) is 7.34. The highest BCUT2D eigenvalue weighted by atomic mass is 35.5. The van der Waals surface area contributed by atoms with E-state index in [1.807, 2.05) is 0 Å². The van der Waals surface area contributed by atoms with Gasteiger partial charge in [-0.1, -0.05) is 29.3 Å². The van der Waals surface area contributed by atoms with Gasteiger partial charge in [0.15, 0.2) is 9.84 Å². The van der Waals surface area contributed by atoms with E-state index in [0.717, 1.165) is 6.26 Å². The summed E-state index contributed by atoms with van der Waals surface area (Å²) in [6, 6.07) is 4.18. The van der Waals surface area contributed by atoms with Crippen LogP contribution in [0.15, 0.2) is 18.2 Å². The molecule has 0 amide bonds. The second-order valence-corrected chi connectivity index (χ2v) is 6.97. The fraction of sp³-hybridized carbons (Fsp3) is 0.400. The van der Waals surface area contributed by atoms with Gasteiger partial charge in [0.05, 0.1) is 5.25 Å². The molecule has 0 spiro atoms. The minimum absolute atomic E-state index is 0.385. The lowest BCUT2D eigenvalue weighted by Crippen LogP contribution is -2.30. The Labute approximate surface area is 105 Å². The molecular formula is C10H13Cl2NO2S. The number of halogens is 2. The van der Waals surface area contributed by atoms with E-state index < -0.39 is 21.1 Å². The maximum atomic E-state index is 11.4. The van der Waals surface area contributed by atoms with Gasteiger partial charge in [-0.2, -0.15) is 0 Å². The molecule has 0 fully saturated rings. The van der Waals surface area contributed by atoms with Crippen molar-refractivity contribution in [2.24, 2.45) is 5.73 Å². The molecule has 3 nitrogen and oxygen atoms in total. The van der Waals surface area contributed by atoms with Crippen molar-refractivity contribution >= 4 is 33.0 Å². The Balaban J connectivity index is 3.10. The number of hydrogen-bond donors (Lipinski definition) is 1. The van der Waals surface area contributed by atoms with Crippen molar-refractivity contribution < 1.29 is 8.42 Å². The summed E-state index contributed by atoms with van der Waals surface area (Å²) >= 11 is 11.7. The molecule has 0 aliphatic carbocycles. The smallest absolute Gasteiger partial charge is 0.151 e. The molecule has 6 heteroatoms. The van der Waals surface area contributed by atoms with Gasteiger partial charge in [0.2, 0.25) is 0 Å². The minimum Gasteiger partial charge on any atom is -0.323 e. The zero-order chi connectivity index (χ0) is 12.5. The average molecular weight is 282 g/mol. The largest absolute Gasteiger partial charge is 0.323 e. The van der Waals surface area contributed by atoms with E-state index in [9.17, 15) is 8.42 Å². The number of hydrogen-bond acceptors (Lipinski definition) is 3. The van der Waals surface area contributed by atoms with Crippen LogP contribution in [-0.2, 0) is 9.84 Å². The Kier molecular flexibility index (Phi) is 4.23. The van der Waals surface area contributed by atoms with Crippen molar-refractivity contribution in [3.63, 3.8) is 0 Å². The van der Waals surface area contributed by atoms with Gasteiger partial charge >= 0.3 is 0 Å². The van der Waals surface area contributed by atoms with Crippen molar-refractivity contribution in [2.75, 3.05) is 6.26 Å². The zero-order valence-corrected chi connectivity index (χ0v) is 11.3. The Morgan fingerprint density at radius 2 is 1.88 bits per heavy atom. The molecule has 1 rings (SSSR count). The highest BCUT2D eigenvalue weighted by Gasteiger charge is 2.25.